The number of hydrogen-bond acceptors (Lipinski definition) is 8. The average Bonchev–Trinajstić information content (AvgIpc) is 3.01. The van der Waals surface area contributed by atoms with E-state index in [9.17, 15) is 4.79 Å². The van der Waals surface area contributed by atoms with Crippen molar-refractivity contribution in [3.8, 4) is 0 Å². The van der Waals surface area contributed by atoms with Gasteiger partial charge in [0.2, 0.25) is 0 Å². The molecule has 1 aliphatic rings. The lowest BCUT2D eigenvalue weighted by Crippen LogP contribution is -2.58. The molecule has 9 nitrogen and oxygen atoms in total. The van der Waals surface area contributed by atoms with E-state index in [1.54, 1.807) is 12.1 Å². The average molecular weight is 318 g/mol. The first kappa shape index (κ1) is 18.3. The van der Waals surface area contributed by atoms with Crippen LogP contribution in [0.4, 0.5) is 0 Å². The van der Waals surface area contributed by atoms with Crippen molar-refractivity contribution in [2.45, 2.75) is 30.7 Å². The summed E-state index contributed by atoms with van der Waals surface area (Å²) in [5.74, 6) is -0.432. The maximum absolute atomic E-state index is 9.97. The Labute approximate surface area is 125 Å². The van der Waals surface area contributed by atoms with Crippen LogP contribution in [-0.4, -0.2) is 73.9 Å². The van der Waals surface area contributed by atoms with Gasteiger partial charge >= 0.3 is 5.97 Å². The molecular weight excluding hydrogens is 300 g/mol. The van der Waals surface area contributed by atoms with Crippen LogP contribution in [0.25, 0.3) is 6.08 Å². The van der Waals surface area contributed by atoms with E-state index in [0.717, 1.165) is 6.08 Å². The van der Waals surface area contributed by atoms with Crippen molar-refractivity contribution >= 4 is 12.0 Å². The van der Waals surface area contributed by atoms with E-state index in [-0.39, 0.29) is 0 Å². The van der Waals surface area contributed by atoms with Crippen LogP contribution in [0.15, 0.2) is 28.9 Å². The molecule has 0 aromatic carbocycles. The highest BCUT2D eigenvalue weighted by Gasteiger charge is 2.42. The van der Waals surface area contributed by atoms with E-state index in [4.69, 9.17) is 35.1 Å². The molecule has 0 amide bonds. The Balaban J connectivity index is 0.000000224. The van der Waals surface area contributed by atoms with Gasteiger partial charge in [-0.25, -0.2) is 4.79 Å². The van der Waals surface area contributed by atoms with Crippen LogP contribution in [0.2, 0.25) is 0 Å². The summed E-state index contributed by atoms with van der Waals surface area (Å²) in [6.45, 7) is -0.526. The number of carbonyl (C=O) groups is 1. The van der Waals surface area contributed by atoms with Gasteiger partial charge in [0.25, 0.3) is 0 Å². The molecule has 0 radical (unpaired) electrons. The molecule has 1 aromatic rings. The molecule has 5 atom stereocenters. The Kier molecular flexibility index (Phi) is 7.18. The van der Waals surface area contributed by atoms with Gasteiger partial charge in [-0.3, -0.25) is 0 Å². The zero-order valence-corrected chi connectivity index (χ0v) is 11.4. The molecule has 1 fully saturated rings. The second-order valence-electron chi connectivity index (χ2n) is 4.41. The first-order chi connectivity index (χ1) is 10.4. The summed E-state index contributed by atoms with van der Waals surface area (Å²) in [5.41, 5.74) is 0. The van der Waals surface area contributed by atoms with Gasteiger partial charge in [-0.1, -0.05) is 0 Å². The van der Waals surface area contributed by atoms with E-state index in [1.165, 1.54) is 12.3 Å². The smallest absolute Gasteiger partial charge is 0.328 e. The number of ether oxygens (including phenoxy) is 1. The largest absolute Gasteiger partial charge is 0.478 e. The maximum Gasteiger partial charge on any atom is 0.328 e. The standard InChI is InChI=1S/C7H6O3.C6H12O6/c8-7(9)4-3-6-2-1-5-10-6;7-1-2-3(8)4(9)5(10)6(11)12-2/h1-5H,(H,8,9);2-11H,1H2/b4-3+;/t;2-,3-,4+,5+,6?/m.1/s1. The summed E-state index contributed by atoms with van der Waals surface area (Å²) < 4.78 is 9.41. The van der Waals surface area contributed by atoms with Crippen molar-refractivity contribution in [3.63, 3.8) is 0 Å². The first-order valence-corrected chi connectivity index (χ1v) is 6.30. The van der Waals surface area contributed by atoms with Gasteiger partial charge in [0.1, 0.15) is 30.2 Å². The third-order valence-electron chi connectivity index (χ3n) is 2.80. The summed E-state index contributed by atoms with van der Waals surface area (Å²) in [4.78, 5) is 9.97. The van der Waals surface area contributed by atoms with E-state index >= 15 is 0 Å². The van der Waals surface area contributed by atoms with Crippen molar-refractivity contribution in [1.82, 2.24) is 0 Å². The number of furan rings is 1. The zero-order valence-electron chi connectivity index (χ0n) is 11.4. The van der Waals surface area contributed by atoms with Crippen LogP contribution >= 0.6 is 0 Å². The van der Waals surface area contributed by atoms with E-state index in [1.807, 2.05) is 0 Å². The van der Waals surface area contributed by atoms with E-state index in [2.05, 4.69) is 4.74 Å². The molecule has 0 bridgehead atoms. The van der Waals surface area contributed by atoms with Gasteiger partial charge in [0.05, 0.1) is 12.9 Å². The van der Waals surface area contributed by atoms with Crippen LogP contribution in [0.3, 0.4) is 0 Å². The molecule has 124 valence electrons. The summed E-state index contributed by atoms with van der Waals surface area (Å²) in [5, 5.41) is 52.8. The summed E-state index contributed by atoms with van der Waals surface area (Å²) in [6, 6.07) is 3.38. The van der Waals surface area contributed by atoms with Crippen molar-refractivity contribution in [3.05, 3.63) is 30.2 Å². The molecule has 22 heavy (non-hydrogen) atoms. The molecule has 0 saturated carbocycles. The minimum atomic E-state index is -1.57. The summed E-state index contributed by atoms with van der Waals surface area (Å²) in [7, 11) is 0. The predicted molar refractivity (Wildman–Crippen MR) is 71.4 cm³/mol. The Morgan fingerprint density at radius 2 is 1.86 bits per heavy atom. The number of carboxylic acids is 1. The van der Waals surface area contributed by atoms with Gasteiger partial charge in [-0.05, 0) is 18.2 Å². The fourth-order valence-corrected chi connectivity index (χ4v) is 1.62. The monoisotopic (exact) mass is 318 g/mol. The van der Waals surface area contributed by atoms with Crippen molar-refractivity contribution in [2.24, 2.45) is 0 Å². The number of carboxylic acid groups (broad SMARTS) is 1. The van der Waals surface area contributed by atoms with Crippen LogP contribution in [0.5, 0.6) is 0 Å². The SMILES string of the molecule is O=C(O)/C=C/c1ccco1.OC[C@H]1OC(O)[C@@H](O)[C@@H](O)[C@@H]1O. The van der Waals surface area contributed by atoms with Crippen molar-refractivity contribution in [1.29, 1.82) is 0 Å². The number of aliphatic carboxylic acids is 1. The van der Waals surface area contributed by atoms with Gasteiger partial charge in [-0.2, -0.15) is 0 Å². The molecule has 2 rings (SSSR count). The molecule has 1 unspecified atom stereocenters. The molecule has 2 heterocycles. The zero-order chi connectivity index (χ0) is 16.7. The fourth-order valence-electron chi connectivity index (χ4n) is 1.62. The molecule has 9 heteroatoms. The highest BCUT2D eigenvalue weighted by Crippen LogP contribution is 2.18. The topological polar surface area (TPSA) is 161 Å². The Bertz CT molecular complexity index is 465. The number of aliphatic hydroxyl groups is 5. The second kappa shape index (κ2) is 8.63. The number of rotatable bonds is 3. The van der Waals surface area contributed by atoms with Crippen LogP contribution in [0.1, 0.15) is 5.76 Å². The Morgan fingerprint density at radius 1 is 1.18 bits per heavy atom. The molecule has 1 aliphatic heterocycles. The number of aliphatic hydroxyl groups excluding tert-OH is 5. The maximum atomic E-state index is 9.97. The fraction of sp³-hybridized carbons (Fsp3) is 0.462. The van der Waals surface area contributed by atoms with Crippen LogP contribution in [0, 0.1) is 0 Å². The molecule has 1 saturated heterocycles. The predicted octanol–water partition coefficient (Wildman–Crippen LogP) is -1.84. The Morgan fingerprint density at radius 3 is 2.36 bits per heavy atom. The first-order valence-electron chi connectivity index (χ1n) is 6.30. The van der Waals surface area contributed by atoms with Crippen LogP contribution < -0.4 is 0 Å². The normalized spacial score (nSPS) is 31.6. The third-order valence-corrected chi connectivity index (χ3v) is 2.80. The van der Waals surface area contributed by atoms with Gasteiger partial charge < -0.3 is 39.8 Å². The van der Waals surface area contributed by atoms with Gasteiger partial charge in [-0.15, -0.1) is 0 Å². The molecule has 6 N–H and O–H groups in total. The molecule has 1 aromatic heterocycles. The quantitative estimate of drug-likeness (QED) is 0.352. The van der Waals surface area contributed by atoms with E-state index in [0.29, 0.717) is 5.76 Å². The molecule has 0 aliphatic carbocycles. The Hall–Kier alpha value is -1.75. The van der Waals surface area contributed by atoms with Gasteiger partial charge in [0, 0.05) is 6.08 Å². The lowest BCUT2D eigenvalue weighted by Gasteiger charge is -2.37. The minimum Gasteiger partial charge on any atom is -0.478 e. The van der Waals surface area contributed by atoms with Gasteiger partial charge in [0.15, 0.2) is 6.29 Å². The summed E-state index contributed by atoms with van der Waals surface area (Å²) in [6.07, 6.45) is -3.14. The minimum absolute atomic E-state index is 0.526. The number of hydrogen-bond donors (Lipinski definition) is 6. The summed E-state index contributed by atoms with van der Waals surface area (Å²) >= 11 is 0. The molecular formula is C13H18O9. The highest BCUT2D eigenvalue weighted by molar-refractivity contribution is 5.84. The highest BCUT2D eigenvalue weighted by atomic mass is 16.6. The lowest BCUT2D eigenvalue weighted by molar-refractivity contribution is -0.286. The molecule has 0 spiro atoms. The second-order valence-corrected chi connectivity index (χ2v) is 4.41. The van der Waals surface area contributed by atoms with Crippen molar-refractivity contribution in [2.75, 3.05) is 6.61 Å². The lowest BCUT2D eigenvalue weighted by atomic mass is 10.00. The third kappa shape index (κ3) is 5.22. The van der Waals surface area contributed by atoms with Crippen LogP contribution in [-0.2, 0) is 9.53 Å². The van der Waals surface area contributed by atoms with Crippen molar-refractivity contribution < 1.29 is 44.6 Å². The van der Waals surface area contributed by atoms with E-state index < -0.39 is 43.3 Å².